The van der Waals surface area contributed by atoms with E-state index in [0.717, 1.165) is 32.3 Å². The van der Waals surface area contributed by atoms with Gasteiger partial charge in [0.25, 0.3) is 0 Å². The molecule has 19 heavy (non-hydrogen) atoms. The van der Waals surface area contributed by atoms with Crippen molar-refractivity contribution >= 4 is 0 Å². The number of hydrogen-bond acceptors (Lipinski definition) is 2. The van der Waals surface area contributed by atoms with E-state index in [-0.39, 0.29) is 5.79 Å². The summed E-state index contributed by atoms with van der Waals surface area (Å²) in [6, 6.07) is 10.7. The molecule has 2 nitrogen and oxygen atoms in total. The predicted molar refractivity (Wildman–Crippen MR) is 76.0 cm³/mol. The van der Waals surface area contributed by atoms with Crippen molar-refractivity contribution in [2.24, 2.45) is 0 Å². The molecule has 2 saturated heterocycles. The third-order valence-electron chi connectivity index (χ3n) is 4.38. The molecular weight excluding hydrogens is 236 g/mol. The maximum Gasteiger partial charge on any atom is 0.168 e. The van der Waals surface area contributed by atoms with Crippen LogP contribution < -0.4 is 0 Å². The van der Waals surface area contributed by atoms with E-state index >= 15 is 0 Å². The van der Waals surface area contributed by atoms with Crippen LogP contribution in [0.15, 0.2) is 30.3 Å². The van der Waals surface area contributed by atoms with Gasteiger partial charge in [0.05, 0.1) is 12.7 Å². The Labute approximate surface area is 116 Å². The Morgan fingerprint density at radius 1 is 1.05 bits per heavy atom. The number of ether oxygens (including phenoxy) is 2. The molecule has 2 heterocycles. The number of aryl methyl sites for hydroxylation is 1. The van der Waals surface area contributed by atoms with Gasteiger partial charge in [-0.3, -0.25) is 0 Å². The molecule has 1 aromatic rings. The lowest BCUT2D eigenvalue weighted by molar-refractivity contribution is -0.295. The molecule has 2 aliphatic rings. The highest BCUT2D eigenvalue weighted by molar-refractivity contribution is 5.14. The largest absolute Gasteiger partial charge is 0.350 e. The van der Waals surface area contributed by atoms with Crippen molar-refractivity contribution in [2.45, 2.75) is 63.3 Å². The quantitative estimate of drug-likeness (QED) is 0.815. The van der Waals surface area contributed by atoms with E-state index in [1.165, 1.54) is 31.2 Å². The summed E-state index contributed by atoms with van der Waals surface area (Å²) in [7, 11) is 0. The summed E-state index contributed by atoms with van der Waals surface area (Å²) in [5, 5.41) is 0. The number of rotatable bonds is 3. The standard InChI is InChI=1S/C17H24O2/c1-2-7-15(8-3-1)10-11-16-9-6-13-17(19-16)12-4-5-14-18-17/h1-3,7-8,16H,4-6,9-14H2. The van der Waals surface area contributed by atoms with Crippen molar-refractivity contribution in [3.63, 3.8) is 0 Å². The molecule has 0 aliphatic carbocycles. The zero-order valence-corrected chi connectivity index (χ0v) is 11.6. The lowest BCUT2D eigenvalue weighted by Crippen LogP contribution is -2.45. The first-order chi connectivity index (χ1) is 9.36. The molecule has 1 spiro atoms. The van der Waals surface area contributed by atoms with Gasteiger partial charge in [-0.1, -0.05) is 30.3 Å². The highest BCUT2D eigenvalue weighted by Gasteiger charge is 2.39. The van der Waals surface area contributed by atoms with Crippen LogP contribution in [0.5, 0.6) is 0 Å². The van der Waals surface area contributed by atoms with Crippen LogP contribution in [0.25, 0.3) is 0 Å². The van der Waals surface area contributed by atoms with Crippen LogP contribution >= 0.6 is 0 Å². The van der Waals surface area contributed by atoms with Gasteiger partial charge < -0.3 is 9.47 Å². The maximum atomic E-state index is 6.31. The molecule has 3 rings (SSSR count). The summed E-state index contributed by atoms with van der Waals surface area (Å²) in [5.74, 6) is -0.224. The van der Waals surface area contributed by atoms with Gasteiger partial charge in [0.15, 0.2) is 5.79 Å². The minimum absolute atomic E-state index is 0.224. The smallest absolute Gasteiger partial charge is 0.168 e. The normalized spacial score (nSPS) is 31.5. The molecule has 0 saturated carbocycles. The van der Waals surface area contributed by atoms with Gasteiger partial charge in [0, 0.05) is 12.8 Å². The second-order valence-electron chi connectivity index (χ2n) is 5.87. The Kier molecular flexibility index (Phi) is 4.19. The maximum absolute atomic E-state index is 6.31. The fourth-order valence-electron chi connectivity index (χ4n) is 3.31. The van der Waals surface area contributed by atoms with Crippen molar-refractivity contribution in [1.29, 1.82) is 0 Å². The Morgan fingerprint density at radius 2 is 1.89 bits per heavy atom. The van der Waals surface area contributed by atoms with Gasteiger partial charge in [-0.25, -0.2) is 0 Å². The molecule has 2 heteroatoms. The topological polar surface area (TPSA) is 18.5 Å². The second-order valence-corrected chi connectivity index (χ2v) is 5.87. The molecule has 104 valence electrons. The van der Waals surface area contributed by atoms with Crippen LogP contribution in [0.3, 0.4) is 0 Å². The van der Waals surface area contributed by atoms with Crippen LogP contribution in [-0.4, -0.2) is 18.5 Å². The fraction of sp³-hybridized carbons (Fsp3) is 0.647. The van der Waals surface area contributed by atoms with E-state index in [1.54, 1.807) is 0 Å². The van der Waals surface area contributed by atoms with E-state index in [1.807, 2.05) is 0 Å². The van der Waals surface area contributed by atoms with Gasteiger partial charge in [-0.05, 0) is 44.1 Å². The first kappa shape index (κ1) is 13.1. The van der Waals surface area contributed by atoms with Crippen LogP contribution in [0.4, 0.5) is 0 Å². The Morgan fingerprint density at radius 3 is 2.68 bits per heavy atom. The summed E-state index contributed by atoms with van der Waals surface area (Å²) < 4.78 is 12.3. The molecule has 0 N–H and O–H groups in total. The van der Waals surface area contributed by atoms with Crippen LogP contribution in [0.1, 0.15) is 50.5 Å². The zero-order chi connectivity index (χ0) is 13.0. The zero-order valence-electron chi connectivity index (χ0n) is 11.6. The monoisotopic (exact) mass is 260 g/mol. The van der Waals surface area contributed by atoms with Crippen LogP contribution in [0.2, 0.25) is 0 Å². The van der Waals surface area contributed by atoms with Crippen molar-refractivity contribution in [2.75, 3.05) is 6.61 Å². The van der Waals surface area contributed by atoms with Gasteiger partial charge in [-0.15, -0.1) is 0 Å². The third-order valence-corrected chi connectivity index (χ3v) is 4.38. The van der Waals surface area contributed by atoms with Gasteiger partial charge in [0.2, 0.25) is 0 Å². The Balaban J connectivity index is 1.53. The summed E-state index contributed by atoms with van der Waals surface area (Å²) in [4.78, 5) is 0. The molecule has 2 fully saturated rings. The summed E-state index contributed by atoms with van der Waals surface area (Å²) in [5.41, 5.74) is 1.41. The molecule has 0 radical (unpaired) electrons. The molecule has 1 aromatic carbocycles. The average Bonchev–Trinajstić information content (AvgIpc) is 2.47. The molecule has 0 bridgehead atoms. The van der Waals surface area contributed by atoms with E-state index in [4.69, 9.17) is 9.47 Å². The molecule has 0 amide bonds. The first-order valence-corrected chi connectivity index (χ1v) is 7.72. The number of hydrogen-bond donors (Lipinski definition) is 0. The lowest BCUT2D eigenvalue weighted by atomic mass is 9.93. The Hall–Kier alpha value is -0.860. The number of benzene rings is 1. The third kappa shape index (κ3) is 3.37. The van der Waals surface area contributed by atoms with Gasteiger partial charge in [0.1, 0.15) is 0 Å². The van der Waals surface area contributed by atoms with Crippen LogP contribution in [0, 0.1) is 0 Å². The Bertz CT molecular complexity index is 376. The molecular formula is C17H24O2. The average molecular weight is 260 g/mol. The van der Waals surface area contributed by atoms with Gasteiger partial charge in [-0.2, -0.15) is 0 Å². The predicted octanol–water partition coefficient (Wildman–Crippen LogP) is 4.09. The van der Waals surface area contributed by atoms with Gasteiger partial charge >= 0.3 is 0 Å². The second kappa shape index (κ2) is 6.06. The van der Waals surface area contributed by atoms with Crippen molar-refractivity contribution < 1.29 is 9.47 Å². The molecule has 2 atom stereocenters. The highest BCUT2D eigenvalue weighted by atomic mass is 16.7. The van der Waals surface area contributed by atoms with Crippen LogP contribution in [-0.2, 0) is 15.9 Å². The fourth-order valence-corrected chi connectivity index (χ4v) is 3.31. The van der Waals surface area contributed by atoms with Crippen molar-refractivity contribution in [1.82, 2.24) is 0 Å². The molecule has 0 aromatic heterocycles. The summed E-state index contributed by atoms with van der Waals surface area (Å²) in [6.45, 7) is 0.880. The summed E-state index contributed by atoms with van der Waals surface area (Å²) >= 11 is 0. The first-order valence-electron chi connectivity index (χ1n) is 7.72. The van der Waals surface area contributed by atoms with E-state index in [0.29, 0.717) is 6.10 Å². The van der Waals surface area contributed by atoms with Crippen molar-refractivity contribution in [3.8, 4) is 0 Å². The van der Waals surface area contributed by atoms with E-state index in [2.05, 4.69) is 30.3 Å². The molecule has 2 unspecified atom stereocenters. The van der Waals surface area contributed by atoms with E-state index < -0.39 is 0 Å². The highest BCUT2D eigenvalue weighted by Crippen LogP contribution is 2.37. The lowest BCUT2D eigenvalue weighted by Gasteiger charge is -2.43. The minimum Gasteiger partial charge on any atom is -0.350 e. The summed E-state index contributed by atoms with van der Waals surface area (Å²) in [6.07, 6.45) is 9.69. The minimum atomic E-state index is -0.224. The van der Waals surface area contributed by atoms with Crippen molar-refractivity contribution in [3.05, 3.63) is 35.9 Å². The SMILES string of the molecule is c1ccc(CCC2CCCC3(CCCCO3)O2)cc1. The molecule has 2 aliphatic heterocycles. The van der Waals surface area contributed by atoms with E-state index in [9.17, 15) is 0 Å².